The number of aliphatic hydroxyl groups is 1. The van der Waals surface area contributed by atoms with Gasteiger partial charge in [-0.1, -0.05) is 30.3 Å². The number of benzene rings is 3. The average Bonchev–Trinajstić information content (AvgIpc) is 3.47. The number of Topliss-reactive ketones (excluding diaryl/α,β-unsaturated/α-hetero) is 1. The number of carbonyl (C=O) groups excluding carboxylic acids is 2. The molecule has 8 nitrogen and oxygen atoms in total. The van der Waals surface area contributed by atoms with Gasteiger partial charge in [0.25, 0.3) is 11.7 Å². The van der Waals surface area contributed by atoms with Crippen LogP contribution < -0.4 is 19.3 Å². The number of aliphatic hydroxyl groups excluding tert-OH is 1. The maximum atomic E-state index is 13.5. The number of para-hydroxylation sites is 1. The van der Waals surface area contributed by atoms with Gasteiger partial charge in [-0.3, -0.25) is 14.5 Å². The zero-order valence-electron chi connectivity index (χ0n) is 21.0. The lowest BCUT2D eigenvalue weighted by molar-refractivity contribution is -0.132. The molecule has 1 unspecified atom stereocenters. The van der Waals surface area contributed by atoms with Crippen molar-refractivity contribution in [3.05, 3.63) is 89.6 Å². The van der Waals surface area contributed by atoms with Gasteiger partial charge in [0, 0.05) is 60.6 Å². The number of aromatic nitrogens is 1. The molecular formula is C29H27N3O5. The second-order valence-corrected chi connectivity index (χ2v) is 8.97. The second-order valence-electron chi connectivity index (χ2n) is 8.97. The number of carbonyl (C=O) groups is 2. The molecule has 0 aliphatic carbocycles. The summed E-state index contributed by atoms with van der Waals surface area (Å²) in [6, 6.07) is 19.2. The summed E-state index contributed by atoms with van der Waals surface area (Å²) < 4.78 is 10.8. The van der Waals surface area contributed by atoms with Crippen LogP contribution in [0.15, 0.2) is 78.5 Å². The third kappa shape index (κ3) is 4.06. The van der Waals surface area contributed by atoms with Crippen LogP contribution in [-0.4, -0.2) is 50.1 Å². The summed E-state index contributed by atoms with van der Waals surface area (Å²) >= 11 is 0. The Labute approximate surface area is 214 Å². The minimum Gasteiger partial charge on any atom is -0.507 e. The first kappa shape index (κ1) is 24.0. The number of ketones is 1. The second kappa shape index (κ2) is 9.39. The molecule has 2 heterocycles. The number of hydrogen-bond donors (Lipinski definition) is 2. The predicted molar refractivity (Wildman–Crippen MR) is 143 cm³/mol. The Morgan fingerprint density at radius 1 is 0.946 bits per heavy atom. The minimum atomic E-state index is -0.873. The minimum absolute atomic E-state index is 0.00847. The quantitative estimate of drug-likeness (QED) is 0.224. The summed E-state index contributed by atoms with van der Waals surface area (Å²) in [6.45, 7) is 0. The summed E-state index contributed by atoms with van der Waals surface area (Å²) in [5, 5.41) is 12.3. The number of fused-ring (bicyclic) bond motifs is 1. The fraction of sp³-hybridized carbons (Fsp3) is 0.172. The first-order valence-corrected chi connectivity index (χ1v) is 11.7. The van der Waals surface area contributed by atoms with E-state index in [4.69, 9.17) is 9.47 Å². The molecule has 0 radical (unpaired) electrons. The van der Waals surface area contributed by atoms with Crippen LogP contribution in [0, 0.1) is 0 Å². The van der Waals surface area contributed by atoms with E-state index >= 15 is 0 Å². The number of anilines is 2. The van der Waals surface area contributed by atoms with Crippen molar-refractivity contribution >= 4 is 39.7 Å². The molecule has 0 bridgehead atoms. The first-order valence-electron chi connectivity index (χ1n) is 11.7. The highest BCUT2D eigenvalue weighted by molar-refractivity contribution is 6.51. The topological polar surface area (TPSA) is 95.1 Å². The molecule has 3 aromatic carbocycles. The van der Waals surface area contributed by atoms with Gasteiger partial charge in [-0.05, 0) is 23.8 Å². The zero-order chi connectivity index (χ0) is 26.3. The lowest BCUT2D eigenvalue weighted by Crippen LogP contribution is -2.29. The molecule has 0 spiro atoms. The molecule has 4 aromatic rings. The third-order valence-corrected chi connectivity index (χ3v) is 6.63. The van der Waals surface area contributed by atoms with Gasteiger partial charge in [0.15, 0.2) is 0 Å². The van der Waals surface area contributed by atoms with E-state index in [0.717, 1.165) is 16.6 Å². The molecule has 37 heavy (non-hydrogen) atoms. The molecule has 1 aromatic heterocycles. The van der Waals surface area contributed by atoms with E-state index in [1.807, 2.05) is 67.5 Å². The molecule has 1 atom stereocenters. The molecule has 1 fully saturated rings. The van der Waals surface area contributed by atoms with E-state index < -0.39 is 17.7 Å². The first-order chi connectivity index (χ1) is 17.8. The van der Waals surface area contributed by atoms with E-state index in [2.05, 4.69) is 4.98 Å². The Hall–Kier alpha value is -4.72. The molecule has 2 N–H and O–H groups in total. The van der Waals surface area contributed by atoms with Gasteiger partial charge in [0.2, 0.25) is 0 Å². The Morgan fingerprint density at radius 2 is 1.59 bits per heavy atom. The Kier molecular flexibility index (Phi) is 6.09. The third-order valence-electron chi connectivity index (χ3n) is 6.63. The molecular weight excluding hydrogens is 470 g/mol. The molecule has 0 saturated carbocycles. The lowest BCUT2D eigenvalue weighted by Gasteiger charge is -2.26. The van der Waals surface area contributed by atoms with Gasteiger partial charge in [0.1, 0.15) is 17.3 Å². The van der Waals surface area contributed by atoms with Crippen LogP contribution in [0.25, 0.3) is 16.7 Å². The largest absolute Gasteiger partial charge is 0.507 e. The van der Waals surface area contributed by atoms with Gasteiger partial charge >= 0.3 is 0 Å². The highest BCUT2D eigenvalue weighted by atomic mass is 16.5. The number of methoxy groups -OCH3 is 2. The van der Waals surface area contributed by atoms with E-state index in [9.17, 15) is 14.7 Å². The molecule has 1 aliphatic rings. The van der Waals surface area contributed by atoms with Gasteiger partial charge in [-0.25, -0.2) is 0 Å². The molecule has 1 amide bonds. The summed E-state index contributed by atoms with van der Waals surface area (Å²) in [6.07, 6.45) is 1.65. The maximum Gasteiger partial charge on any atom is 0.300 e. The van der Waals surface area contributed by atoms with Crippen molar-refractivity contribution in [3.63, 3.8) is 0 Å². The summed E-state index contributed by atoms with van der Waals surface area (Å²) in [5.41, 5.74) is 3.31. The number of amides is 1. The van der Waals surface area contributed by atoms with Crippen LogP contribution >= 0.6 is 0 Å². The number of ether oxygens (including phenoxy) is 2. The molecule has 188 valence electrons. The van der Waals surface area contributed by atoms with Crippen LogP contribution in [0.1, 0.15) is 17.2 Å². The lowest BCUT2D eigenvalue weighted by atomic mass is 9.94. The number of nitrogens with zero attached hydrogens (tertiary/aromatic N) is 2. The Morgan fingerprint density at radius 3 is 2.22 bits per heavy atom. The number of H-pyrrole nitrogens is 1. The van der Waals surface area contributed by atoms with Crippen molar-refractivity contribution in [1.29, 1.82) is 0 Å². The van der Waals surface area contributed by atoms with Crippen LogP contribution in [-0.2, 0) is 9.59 Å². The van der Waals surface area contributed by atoms with Crippen molar-refractivity contribution in [1.82, 2.24) is 4.98 Å². The van der Waals surface area contributed by atoms with Crippen LogP contribution in [0.3, 0.4) is 0 Å². The fourth-order valence-electron chi connectivity index (χ4n) is 4.71. The Bertz CT molecular complexity index is 1510. The van der Waals surface area contributed by atoms with Gasteiger partial charge in [-0.15, -0.1) is 0 Å². The maximum absolute atomic E-state index is 13.5. The number of aromatic amines is 1. The van der Waals surface area contributed by atoms with Gasteiger partial charge in [-0.2, -0.15) is 0 Å². The van der Waals surface area contributed by atoms with E-state index in [1.165, 1.54) is 19.1 Å². The summed E-state index contributed by atoms with van der Waals surface area (Å²) in [5.74, 6) is -0.830. The van der Waals surface area contributed by atoms with E-state index in [-0.39, 0.29) is 11.3 Å². The van der Waals surface area contributed by atoms with E-state index in [0.29, 0.717) is 28.3 Å². The molecule has 1 aliphatic heterocycles. The number of rotatable bonds is 6. The Balaban J connectivity index is 1.75. The molecule has 8 heteroatoms. The predicted octanol–water partition coefficient (Wildman–Crippen LogP) is 4.88. The van der Waals surface area contributed by atoms with Crippen molar-refractivity contribution in [2.75, 3.05) is 38.1 Å². The molecule has 5 rings (SSSR count). The van der Waals surface area contributed by atoms with Crippen LogP contribution in [0.4, 0.5) is 11.4 Å². The number of hydrogen-bond acceptors (Lipinski definition) is 6. The van der Waals surface area contributed by atoms with Gasteiger partial charge < -0.3 is 24.5 Å². The van der Waals surface area contributed by atoms with Crippen molar-refractivity contribution in [2.24, 2.45) is 0 Å². The standard InChI is InChI=1S/C29H27N3O5/c1-31(2)18-11-9-17(10-12-18)26-25(27(33)23-16-30-24-8-6-5-7-22(23)24)28(34)29(35)32(26)19-13-20(36-3)15-21(14-19)37-4/h5-16,26,30,33H,1-4H3/b27-25-. The number of nitrogens with one attached hydrogen (secondary N) is 1. The van der Waals surface area contributed by atoms with Crippen LogP contribution in [0.2, 0.25) is 0 Å². The van der Waals surface area contributed by atoms with Crippen molar-refractivity contribution in [3.8, 4) is 11.5 Å². The summed E-state index contributed by atoms with van der Waals surface area (Å²) in [4.78, 5) is 33.6. The molecule has 1 saturated heterocycles. The SMILES string of the molecule is COc1cc(OC)cc(N2C(=O)C(=O)/C(=C(\O)c3c[nH]c4ccccc34)C2c2ccc(N(C)C)cc2)c1. The summed E-state index contributed by atoms with van der Waals surface area (Å²) in [7, 11) is 6.89. The highest BCUT2D eigenvalue weighted by Crippen LogP contribution is 2.44. The van der Waals surface area contributed by atoms with Crippen LogP contribution in [0.5, 0.6) is 11.5 Å². The van der Waals surface area contributed by atoms with Crippen molar-refractivity contribution in [2.45, 2.75) is 6.04 Å². The van der Waals surface area contributed by atoms with E-state index in [1.54, 1.807) is 24.4 Å². The van der Waals surface area contributed by atoms with Crippen molar-refractivity contribution < 1.29 is 24.2 Å². The van der Waals surface area contributed by atoms with Gasteiger partial charge in [0.05, 0.1) is 31.5 Å². The monoisotopic (exact) mass is 497 g/mol. The average molecular weight is 498 g/mol. The fourth-order valence-corrected chi connectivity index (χ4v) is 4.71. The highest BCUT2D eigenvalue weighted by Gasteiger charge is 2.47. The zero-order valence-corrected chi connectivity index (χ0v) is 21.0. The normalized spacial score (nSPS) is 16.9. The smallest absolute Gasteiger partial charge is 0.300 e.